The third-order valence-corrected chi connectivity index (χ3v) is 7.17. The monoisotopic (exact) mass is 450 g/mol. The molecule has 1 atom stereocenters. The van der Waals surface area contributed by atoms with Crippen molar-refractivity contribution in [2.24, 2.45) is 5.92 Å². The molecule has 0 aliphatic heterocycles. The SMILES string of the molecule is CCC(C)C(=O)OC1CCC(OC(C)(C)c2ccc3c(ccc4cc(S)ccc43)c2)CC1. The van der Waals surface area contributed by atoms with Crippen molar-refractivity contribution in [2.45, 2.75) is 82.5 Å². The molecule has 0 N–H and O–H groups in total. The van der Waals surface area contributed by atoms with Crippen LogP contribution in [0.1, 0.15) is 65.4 Å². The molecule has 0 saturated heterocycles. The molecule has 1 aliphatic carbocycles. The van der Waals surface area contributed by atoms with Gasteiger partial charge in [0.25, 0.3) is 0 Å². The van der Waals surface area contributed by atoms with E-state index in [4.69, 9.17) is 9.47 Å². The fourth-order valence-corrected chi connectivity index (χ4v) is 4.85. The van der Waals surface area contributed by atoms with E-state index < -0.39 is 0 Å². The topological polar surface area (TPSA) is 35.5 Å². The van der Waals surface area contributed by atoms with Gasteiger partial charge in [-0.15, -0.1) is 12.6 Å². The molecular formula is C28H34O3S. The highest BCUT2D eigenvalue weighted by atomic mass is 32.1. The molecule has 1 fully saturated rings. The highest BCUT2D eigenvalue weighted by Gasteiger charge is 2.31. The Labute approximate surface area is 196 Å². The van der Waals surface area contributed by atoms with E-state index in [-0.39, 0.29) is 29.7 Å². The largest absolute Gasteiger partial charge is 0.462 e. The molecule has 0 amide bonds. The average molecular weight is 451 g/mol. The van der Waals surface area contributed by atoms with Crippen LogP contribution in [0.2, 0.25) is 0 Å². The molecular weight excluding hydrogens is 416 g/mol. The van der Waals surface area contributed by atoms with Crippen molar-refractivity contribution in [1.29, 1.82) is 0 Å². The molecule has 0 aromatic heterocycles. The highest BCUT2D eigenvalue weighted by molar-refractivity contribution is 7.80. The van der Waals surface area contributed by atoms with Gasteiger partial charge in [-0.1, -0.05) is 44.2 Å². The van der Waals surface area contributed by atoms with Crippen LogP contribution in [0.25, 0.3) is 21.5 Å². The van der Waals surface area contributed by atoms with E-state index in [1.54, 1.807) is 0 Å². The van der Waals surface area contributed by atoms with E-state index in [1.807, 2.05) is 19.9 Å². The van der Waals surface area contributed by atoms with Crippen molar-refractivity contribution in [3.8, 4) is 0 Å². The molecule has 3 aromatic rings. The summed E-state index contributed by atoms with van der Waals surface area (Å²) in [5.74, 6) is -0.0839. The van der Waals surface area contributed by atoms with Crippen LogP contribution >= 0.6 is 12.6 Å². The summed E-state index contributed by atoms with van der Waals surface area (Å²) in [4.78, 5) is 13.1. The number of esters is 1. The lowest BCUT2D eigenvalue weighted by molar-refractivity contribution is -0.159. The van der Waals surface area contributed by atoms with Crippen molar-refractivity contribution < 1.29 is 14.3 Å². The van der Waals surface area contributed by atoms with Crippen LogP contribution in [0.15, 0.2) is 53.4 Å². The van der Waals surface area contributed by atoms with Gasteiger partial charge in [-0.2, -0.15) is 0 Å². The number of hydrogen-bond acceptors (Lipinski definition) is 4. The van der Waals surface area contributed by atoms with Crippen LogP contribution < -0.4 is 0 Å². The summed E-state index contributed by atoms with van der Waals surface area (Å²) in [5.41, 5.74) is 0.795. The molecule has 1 aliphatic rings. The minimum absolute atomic E-state index is 0.0205. The zero-order valence-corrected chi connectivity index (χ0v) is 20.5. The molecule has 4 heteroatoms. The van der Waals surface area contributed by atoms with E-state index >= 15 is 0 Å². The molecule has 0 spiro atoms. The first-order valence-corrected chi connectivity index (χ1v) is 12.3. The summed E-state index contributed by atoms with van der Waals surface area (Å²) in [6.07, 6.45) is 4.64. The van der Waals surface area contributed by atoms with Crippen LogP contribution in [-0.2, 0) is 19.9 Å². The van der Waals surface area contributed by atoms with Crippen LogP contribution in [0.4, 0.5) is 0 Å². The molecule has 0 bridgehead atoms. The van der Waals surface area contributed by atoms with Gasteiger partial charge in [-0.05, 0) is 91.3 Å². The van der Waals surface area contributed by atoms with E-state index in [9.17, 15) is 4.79 Å². The minimum Gasteiger partial charge on any atom is -0.462 e. The Morgan fingerprint density at radius 3 is 2.22 bits per heavy atom. The molecule has 32 heavy (non-hydrogen) atoms. The maximum Gasteiger partial charge on any atom is 0.308 e. The number of carbonyl (C=O) groups excluding carboxylic acids is 1. The maximum absolute atomic E-state index is 12.1. The van der Waals surface area contributed by atoms with Crippen LogP contribution in [0.3, 0.4) is 0 Å². The Hall–Kier alpha value is -2.04. The zero-order valence-electron chi connectivity index (χ0n) is 19.6. The summed E-state index contributed by atoms with van der Waals surface area (Å²) < 4.78 is 12.3. The summed E-state index contributed by atoms with van der Waals surface area (Å²) in [7, 11) is 0. The highest BCUT2D eigenvalue weighted by Crippen LogP contribution is 2.35. The molecule has 1 unspecified atom stereocenters. The second kappa shape index (κ2) is 9.44. The normalized spacial score (nSPS) is 20.4. The van der Waals surface area contributed by atoms with Gasteiger partial charge in [0.1, 0.15) is 6.10 Å². The molecule has 3 nitrogen and oxygen atoms in total. The number of rotatable bonds is 6. The Balaban J connectivity index is 1.44. The van der Waals surface area contributed by atoms with Gasteiger partial charge in [0, 0.05) is 4.90 Å². The standard InChI is InChI=1S/C28H34O3S/c1-5-18(2)27(29)30-22-9-11-23(12-10-22)31-28(3,4)21-8-14-25-19(16-21)6-7-20-17-24(32)13-15-26(20)25/h6-8,13-18,22-23,32H,5,9-12H2,1-4H3. The van der Waals surface area contributed by atoms with Gasteiger partial charge >= 0.3 is 5.97 Å². The van der Waals surface area contributed by atoms with Crippen molar-refractivity contribution in [2.75, 3.05) is 0 Å². The predicted octanol–water partition coefficient (Wildman–Crippen LogP) is 7.43. The number of ether oxygens (including phenoxy) is 2. The Morgan fingerprint density at radius 2 is 1.56 bits per heavy atom. The Morgan fingerprint density at radius 1 is 0.969 bits per heavy atom. The lowest BCUT2D eigenvalue weighted by Crippen LogP contribution is -2.34. The maximum atomic E-state index is 12.1. The van der Waals surface area contributed by atoms with E-state index in [0.29, 0.717) is 0 Å². The first-order valence-electron chi connectivity index (χ1n) is 11.8. The first-order chi connectivity index (χ1) is 15.3. The molecule has 0 radical (unpaired) electrons. The smallest absolute Gasteiger partial charge is 0.308 e. The summed E-state index contributed by atoms with van der Waals surface area (Å²) in [6, 6.07) is 17.3. The quantitative estimate of drug-likeness (QED) is 0.241. The minimum atomic E-state index is -0.386. The van der Waals surface area contributed by atoms with Gasteiger partial charge in [0.15, 0.2) is 0 Å². The number of benzene rings is 3. The fourth-order valence-electron chi connectivity index (χ4n) is 4.63. The van der Waals surface area contributed by atoms with Gasteiger partial charge in [-0.25, -0.2) is 0 Å². The lowest BCUT2D eigenvalue weighted by atomic mass is 9.91. The van der Waals surface area contributed by atoms with Crippen LogP contribution in [0, 0.1) is 5.92 Å². The van der Waals surface area contributed by atoms with Gasteiger partial charge in [-0.3, -0.25) is 4.79 Å². The van der Waals surface area contributed by atoms with Gasteiger partial charge in [0.05, 0.1) is 17.6 Å². The molecule has 3 aromatic carbocycles. The van der Waals surface area contributed by atoms with E-state index in [0.717, 1.165) is 37.0 Å². The van der Waals surface area contributed by atoms with Gasteiger partial charge in [0.2, 0.25) is 0 Å². The van der Waals surface area contributed by atoms with Crippen molar-refractivity contribution in [3.63, 3.8) is 0 Å². The van der Waals surface area contributed by atoms with Crippen LogP contribution in [0.5, 0.6) is 0 Å². The van der Waals surface area contributed by atoms with Crippen LogP contribution in [-0.4, -0.2) is 18.2 Å². The fraction of sp³-hybridized carbons (Fsp3) is 0.464. The van der Waals surface area contributed by atoms with Gasteiger partial charge < -0.3 is 9.47 Å². The summed E-state index contributed by atoms with van der Waals surface area (Å²) in [5, 5.41) is 4.92. The molecule has 0 heterocycles. The summed E-state index contributed by atoms with van der Waals surface area (Å²) in [6.45, 7) is 8.25. The lowest BCUT2D eigenvalue weighted by Gasteiger charge is -2.35. The third kappa shape index (κ3) is 4.97. The third-order valence-electron chi connectivity index (χ3n) is 6.89. The molecule has 170 valence electrons. The first kappa shape index (κ1) is 23.1. The predicted molar refractivity (Wildman–Crippen MR) is 134 cm³/mol. The van der Waals surface area contributed by atoms with E-state index in [2.05, 4.69) is 68.9 Å². The second-order valence-corrected chi connectivity index (χ2v) is 10.2. The Bertz CT molecular complexity index is 1110. The van der Waals surface area contributed by atoms with Crippen molar-refractivity contribution >= 4 is 40.1 Å². The number of fused-ring (bicyclic) bond motifs is 3. The molecule has 1 saturated carbocycles. The zero-order chi connectivity index (χ0) is 22.9. The Kier molecular flexibility index (Phi) is 6.83. The molecule has 4 rings (SSSR count). The second-order valence-electron chi connectivity index (χ2n) is 9.68. The number of carbonyl (C=O) groups is 1. The average Bonchev–Trinajstić information content (AvgIpc) is 2.78. The summed E-state index contributed by atoms with van der Waals surface area (Å²) >= 11 is 4.47. The van der Waals surface area contributed by atoms with E-state index in [1.165, 1.54) is 27.1 Å². The number of thiol groups is 1. The number of hydrogen-bond donors (Lipinski definition) is 1. The van der Waals surface area contributed by atoms with Crippen molar-refractivity contribution in [1.82, 2.24) is 0 Å². The van der Waals surface area contributed by atoms with Crippen molar-refractivity contribution in [3.05, 3.63) is 54.1 Å².